The Kier molecular flexibility index (Phi) is 6.50. The molecule has 0 unspecified atom stereocenters. The van der Waals surface area contributed by atoms with Gasteiger partial charge in [-0.05, 0) is 47.5 Å². The predicted octanol–water partition coefficient (Wildman–Crippen LogP) is 5.59. The third kappa shape index (κ3) is 5.09. The fourth-order valence-corrected chi connectivity index (χ4v) is 2.91. The highest BCUT2D eigenvalue weighted by molar-refractivity contribution is 5.77. The number of nitro benzene ring substituents is 2. The number of benzene rings is 3. The summed E-state index contributed by atoms with van der Waals surface area (Å²) in [5.74, 6) is 0. The minimum Gasteiger partial charge on any atom is -0.258 e. The van der Waals surface area contributed by atoms with Gasteiger partial charge in [0.1, 0.15) is 0 Å². The number of hydrogen-bond donors (Lipinski definition) is 0. The molecular formula is C24H14N4O4. The number of nitro groups is 2. The molecule has 0 spiro atoms. The molecule has 3 aromatic carbocycles. The molecule has 0 aromatic heterocycles. The molecular weight excluding hydrogens is 408 g/mol. The lowest BCUT2D eigenvalue weighted by atomic mass is 10.1. The summed E-state index contributed by atoms with van der Waals surface area (Å²) in [5.41, 5.74) is 2.49. The van der Waals surface area contributed by atoms with E-state index >= 15 is 0 Å². The van der Waals surface area contributed by atoms with Gasteiger partial charge in [0.05, 0.1) is 44.2 Å². The van der Waals surface area contributed by atoms with Crippen molar-refractivity contribution in [3.8, 4) is 12.1 Å². The standard InChI is InChI=1S/C24H14N4O4/c25-15-19-7-11-21(23(13-19)27(29)30)9-5-17-1-2-18(4-3-17)6-10-22-12-8-20(16-26)14-24(22)28(31)32/h1-14H/b9-5+,10-6+. The Labute approximate surface area is 182 Å². The highest BCUT2D eigenvalue weighted by Crippen LogP contribution is 2.24. The fraction of sp³-hybridized carbons (Fsp3) is 0. The summed E-state index contributed by atoms with van der Waals surface area (Å²) in [6, 6.07) is 19.5. The second-order valence-electron chi connectivity index (χ2n) is 6.62. The van der Waals surface area contributed by atoms with Crippen molar-refractivity contribution < 1.29 is 9.85 Å². The molecule has 0 amide bonds. The fourth-order valence-electron chi connectivity index (χ4n) is 2.91. The Morgan fingerprint density at radius 2 is 1.00 bits per heavy atom. The lowest BCUT2D eigenvalue weighted by molar-refractivity contribution is -0.385. The maximum absolute atomic E-state index is 11.2. The van der Waals surface area contributed by atoms with Crippen LogP contribution in [0.4, 0.5) is 11.4 Å². The monoisotopic (exact) mass is 422 g/mol. The molecule has 0 aliphatic carbocycles. The van der Waals surface area contributed by atoms with Crippen molar-refractivity contribution in [2.75, 3.05) is 0 Å². The van der Waals surface area contributed by atoms with Gasteiger partial charge in [-0.25, -0.2) is 0 Å². The van der Waals surface area contributed by atoms with E-state index in [4.69, 9.17) is 10.5 Å². The van der Waals surface area contributed by atoms with Crippen molar-refractivity contribution in [2.45, 2.75) is 0 Å². The zero-order valence-corrected chi connectivity index (χ0v) is 16.5. The molecule has 0 aliphatic heterocycles. The first kappa shape index (κ1) is 21.6. The highest BCUT2D eigenvalue weighted by atomic mass is 16.6. The zero-order valence-electron chi connectivity index (χ0n) is 16.5. The van der Waals surface area contributed by atoms with Crippen LogP contribution in [0.3, 0.4) is 0 Å². The van der Waals surface area contributed by atoms with Crippen molar-refractivity contribution >= 4 is 35.7 Å². The van der Waals surface area contributed by atoms with E-state index in [9.17, 15) is 20.2 Å². The van der Waals surface area contributed by atoms with Crippen LogP contribution in [0.2, 0.25) is 0 Å². The summed E-state index contributed by atoms with van der Waals surface area (Å²) in [4.78, 5) is 21.4. The smallest absolute Gasteiger partial charge is 0.258 e. The SMILES string of the molecule is N#Cc1ccc(/C=C/c2ccc(/C=C/c3ccc(C#N)cc3[N+](=O)[O-])cc2)c([N+](=O)[O-])c1. The van der Waals surface area contributed by atoms with Crippen LogP contribution in [0.1, 0.15) is 33.4 Å². The molecule has 0 N–H and O–H groups in total. The maximum atomic E-state index is 11.2. The van der Waals surface area contributed by atoms with E-state index in [0.717, 1.165) is 11.1 Å². The second-order valence-corrected chi connectivity index (χ2v) is 6.62. The highest BCUT2D eigenvalue weighted by Gasteiger charge is 2.13. The minimum absolute atomic E-state index is 0.149. The van der Waals surface area contributed by atoms with Crippen molar-refractivity contribution in [3.05, 3.63) is 114 Å². The number of nitriles is 2. The van der Waals surface area contributed by atoms with Crippen molar-refractivity contribution in [3.63, 3.8) is 0 Å². The van der Waals surface area contributed by atoms with Gasteiger partial charge in [-0.1, -0.05) is 36.4 Å². The number of rotatable bonds is 6. The van der Waals surface area contributed by atoms with Crippen LogP contribution in [-0.4, -0.2) is 9.85 Å². The molecule has 0 bridgehead atoms. The molecule has 0 aliphatic rings. The van der Waals surface area contributed by atoms with E-state index in [2.05, 4.69) is 0 Å². The first-order chi connectivity index (χ1) is 15.4. The second kappa shape index (κ2) is 9.61. The van der Waals surface area contributed by atoms with Gasteiger partial charge in [0.15, 0.2) is 0 Å². The lowest BCUT2D eigenvalue weighted by Gasteiger charge is -2.00. The van der Waals surface area contributed by atoms with Crippen molar-refractivity contribution in [1.82, 2.24) is 0 Å². The number of hydrogen-bond acceptors (Lipinski definition) is 6. The quantitative estimate of drug-likeness (QED) is 0.289. The van der Waals surface area contributed by atoms with E-state index in [1.165, 1.54) is 36.4 Å². The Balaban J connectivity index is 1.80. The van der Waals surface area contributed by atoms with Gasteiger partial charge in [0.25, 0.3) is 11.4 Å². The average molecular weight is 422 g/mol. The van der Waals surface area contributed by atoms with Crippen LogP contribution in [0.15, 0.2) is 60.7 Å². The van der Waals surface area contributed by atoms with Gasteiger partial charge >= 0.3 is 0 Å². The first-order valence-corrected chi connectivity index (χ1v) is 9.24. The van der Waals surface area contributed by atoms with Crippen LogP contribution < -0.4 is 0 Å². The number of nitrogens with zero attached hydrogens (tertiary/aromatic N) is 4. The minimum atomic E-state index is -0.531. The topological polar surface area (TPSA) is 134 Å². The van der Waals surface area contributed by atoms with E-state index in [-0.39, 0.29) is 22.5 Å². The molecule has 154 valence electrons. The molecule has 8 nitrogen and oxygen atoms in total. The van der Waals surface area contributed by atoms with Crippen LogP contribution in [0.25, 0.3) is 24.3 Å². The molecule has 0 heterocycles. The van der Waals surface area contributed by atoms with E-state index in [1.54, 1.807) is 48.6 Å². The van der Waals surface area contributed by atoms with Gasteiger partial charge in [-0.3, -0.25) is 20.2 Å². The summed E-state index contributed by atoms with van der Waals surface area (Å²) < 4.78 is 0. The molecule has 0 radical (unpaired) electrons. The Bertz CT molecular complexity index is 1240. The van der Waals surface area contributed by atoms with E-state index in [1.807, 2.05) is 12.1 Å². The average Bonchev–Trinajstić information content (AvgIpc) is 2.81. The molecule has 8 heteroatoms. The van der Waals surface area contributed by atoms with Gasteiger partial charge in [-0.2, -0.15) is 10.5 Å². The van der Waals surface area contributed by atoms with Crippen molar-refractivity contribution in [2.24, 2.45) is 0 Å². The Hall–Kier alpha value is -5.08. The van der Waals surface area contributed by atoms with Crippen LogP contribution in [-0.2, 0) is 0 Å². The maximum Gasteiger partial charge on any atom is 0.277 e. The summed E-state index contributed by atoms with van der Waals surface area (Å²) in [5, 5.41) is 40.3. The van der Waals surface area contributed by atoms with Crippen molar-refractivity contribution in [1.29, 1.82) is 10.5 Å². The van der Waals surface area contributed by atoms with Crippen LogP contribution in [0, 0.1) is 42.9 Å². The summed E-state index contributed by atoms with van der Waals surface area (Å²) in [7, 11) is 0. The molecule has 0 fully saturated rings. The Morgan fingerprint density at radius 3 is 1.31 bits per heavy atom. The van der Waals surface area contributed by atoms with Crippen LogP contribution >= 0.6 is 0 Å². The van der Waals surface area contributed by atoms with E-state index in [0.29, 0.717) is 11.1 Å². The van der Waals surface area contributed by atoms with Gasteiger partial charge < -0.3 is 0 Å². The Morgan fingerprint density at radius 1 is 0.625 bits per heavy atom. The van der Waals surface area contributed by atoms with Gasteiger partial charge in [0, 0.05) is 12.1 Å². The lowest BCUT2D eigenvalue weighted by Crippen LogP contribution is -1.92. The predicted molar refractivity (Wildman–Crippen MR) is 120 cm³/mol. The van der Waals surface area contributed by atoms with E-state index < -0.39 is 9.85 Å². The van der Waals surface area contributed by atoms with Crippen LogP contribution in [0.5, 0.6) is 0 Å². The third-order valence-corrected chi connectivity index (χ3v) is 4.56. The van der Waals surface area contributed by atoms with Gasteiger partial charge in [0.2, 0.25) is 0 Å². The largest absolute Gasteiger partial charge is 0.277 e. The molecule has 3 rings (SSSR count). The normalized spacial score (nSPS) is 10.7. The molecule has 32 heavy (non-hydrogen) atoms. The summed E-state index contributed by atoms with van der Waals surface area (Å²) in [6.07, 6.45) is 6.63. The molecule has 0 saturated heterocycles. The van der Waals surface area contributed by atoms with Gasteiger partial charge in [-0.15, -0.1) is 0 Å². The summed E-state index contributed by atoms with van der Waals surface area (Å²) >= 11 is 0. The first-order valence-electron chi connectivity index (χ1n) is 9.24. The molecule has 3 aromatic rings. The third-order valence-electron chi connectivity index (χ3n) is 4.56. The zero-order chi connectivity index (χ0) is 23.1. The molecule has 0 saturated carbocycles. The molecule has 0 atom stereocenters. The summed E-state index contributed by atoms with van der Waals surface area (Å²) in [6.45, 7) is 0.